The number of nitriles is 1. The fourth-order valence-electron chi connectivity index (χ4n) is 2.41. The second kappa shape index (κ2) is 7.14. The summed E-state index contributed by atoms with van der Waals surface area (Å²) in [6.45, 7) is 5.60. The van der Waals surface area contributed by atoms with Crippen LogP contribution in [0.3, 0.4) is 0 Å². The fraction of sp³-hybridized carbons (Fsp3) is 0.263. The molecule has 0 amide bonds. The molecule has 0 spiro atoms. The predicted molar refractivity (Wildman–Crippen MR) is 92.1 cm³/mol. The molecule has 0 saturated carbocycles. The smallest absolute Gasteiger partial charge is 0.338 e. The SMILES string of the molecule is CC(C)(C)c1ccc(C(=O)OCc2cccc(C#N)c2)cc1[N+](=O)[O-]. The average molecular weight is 338 g/mol. The van der Waals surface area contributed by atoms with Crippen molar-refractivity contribution in [3.05, 3.63) is 74.8 Å². The first-order valence-electron chi connectivity index (χ1n) is 7.67. The molecule has 0 saturated heterocycles. The van der Waals surface area contributed by atoms with Gasteiger partial charge in [0.15, 0.2) is 0 Å². The molecule has 2 aromatic rings. The molecule has 0 aliphatic carbocycles. The van der Waals surface area contributed by atoms with Crippen molar-refractivity contribution >= 4 is 11.7 Å². The highest BCUT2D eigenvalue weighted by molar-refractivity contribution is 5.90. The maximum Gasteiger partial charge on any atom is 0.338 e. The summed E-state index contributed by atoms with van der Waals surface area (Å²) in [7, 11) is 0. The third kappa shape index (κ3) is 4.42. The topological polar surface area (TPSA) is 93.2 Å². The molecule has 25 heavy (non-hydrogen) atoms. The van der Waals surface area contributed by atoms with Crippen LogP contribution in [0, 0.1) is 21.4 Å². The van der Waals surface area contributed by atoms with Crippen molar-refractivity contribution in [2.75, 3.05) is 0 Å². The van der Waals surface area contributed by atoms with Crippen LogP contribution in [0.5, 0.6) is 0 Å². The lowest BCUT2D eigenvalue weighted by Crippen LogP contribution is -2.15. The van der Waals surface area contributed by atoms with Gasteiger partial charge in [-0.1, -0.05) is 39.0 Å². The minimum absolute atomic E-state index is 0.0107. The molecule has 0 N–H and O–H groups in total. The van der Waals surface area contributed by atoms with E-state index in [1.807, 2.05) is 26.8 Å². The highest BCUT2D eigenvalue weighted by atomic mass is 16.6. The summed E-state index contributed by atoms with van der Waals surface area (Å²) in [5, 5.41) is 20.2. The molecule has 0 aliphatic rings. The molecule has 0 radical (unpaired) electrons. The van der Waals surface area contributed by atoms with Crippen LogP contribution in [0.25, 0.3) is 0 Å². The highest BCUT2D eigenvalue weighted by Gasteiger charge is 2.26. The first-order valence-corrected chi connectivity index (χ1v) is 7.67. The molecular weight excluding hydrogens is 320 g/mol. The van der Waals surface area contributed by atoms with E-state index in [0.29, 0.717) is 16.7 Å². The molecule has 0 aliphatic heterocycles. The summed E-state index contributed by atoms with van der Waals surface area (Å²) >= 11 is 0. The van der Waals surface area contributed by atoms with Gasteiger partial charge in [-0.3, -0.25) is 10.1 Å². The van der Waals surface area contributed by atoms with Crippen molar-refractivity contribution in [1.29, 1.82) is 5.26 Å². The van der Waals surface area contributed by atoms with E-state index in [0.717, 1.165) is 0 Å². The number of nitro groups is 1. The van der Waals surface area contributed by atoms with E-state index < -0.39 is 16.3 Å². The summed E-state index contributed by atoms with van der Waals surface area (Å²) in [6, 6.07) is 13.1. The molecule has 0 atom stereocenters. The van der Waals surface area contributed by atoms with Gasteiger partial charge in [0.05, 0.1) is 22.1 Å². The van der Waals surface area contributed by atoms with Gasteiger partial charge < -0.3 is 4.74 Å². The predicted octanol–water partition coefficient (Wildman–Crippen LogP) is 4.12. The number of nitro benzene ring substituents is 1. The molecule has 0 fully saturated rings. The lowest BCUT2D eigenvalue weighted by molar-refractivity contribution is -0.386. The van der Waals surface area contributed by atoms with Crippen LogP contribution < -0.4 is 0 Å². The number of hydrogen-bond acceptors (Lipinski definition) is 5. The zero-order valence-corrected chi connectivity index (χ0v) is 14.3. The molecule has 0 bridgehead atoms. The zero-order chi connectivity index (χ0) is 18.6. The van der Waals surface area contributed by atoms with Crippen molar-refractivity contribution in [2.24, 2.45) is 0 Å². The third-order valence-electron chi connectivity index (χ3n) is 3.66. The number of benzene rings is 2. The fourth-order valence-corrected chi connectivity index (χ4v) is 2.41. The number of nitrogens with zero attached hydrogens (tertiary/aromatic N) is 2. The van der Waals surface area contributed by atoms with E-state index in [-0.39, 0.29) is 17.9 Å². The van der Waals surface area contributed by atoms with Gasteiger partial charge in [-0.2, -0.15) is 5.26 Å². The van der Waals surface area contributed by atoms with E-state index in [2.05, 4.69) is 0 Å². The van der Waals surface area contributed by atoms with Crippen LogP contribution in [0.2, 0.25) is 0 Å². The van der Waals surface area contributed by atoms with Crippen LogP contribution in [-0.4, -0.2) is 10.9 Å². The summed E-state index contributed by atoms with van der Waals surface area (Å²) in [5.41, 5.74) is 1.30. The number of ether oxygens (including phenoxy) is 1. The van der Waals surface area contributed by atoms with Crippen molar-refractivity contribution in [3.63, 3.8) is 0 Å². The van der Waals surface area contributed by atoms with E-state index in [9.17, 15) is 14.9 Å². The molecule has 0 heterocycles. The van der Waals surface area contributed by atoms with Crippen molar-refractivity contribution < 1.29 is 14.5 Å². The molecule has 0 aromatic heterocycles. The number of hydrogen-bond donors (Lipinski definition) is 0. The Morgan fingerprint density at radius 2 is 1.96 bits per heavy atom. The van der Waals surface area contributed by atoms with E-state index >= 15 is 0 Å². The molecule has 6 nitrogen and oxygen atoms in total. The Morgan fingerprint density at radius 1 is 1.24 bits per heavy atom. The second-order valence-corrected chi connectivity index (χ2v) is 6.63. The Hall–Kier alpha value is -3.20. The Bertz CT molecular complexity index is 860. The minimum atomic E-state index is -0.647. The first-order chi connectivity index (χ1) is 11.7. The van der Waals surface area contributed by atoms with E-state index in [4.69, 9.17) is 10.00 Å². The maximum atomic E-state index is 12.2. The lowest BCUT2D eigenvalue weighted by Gasteiger charge is -2.19. The standard InChI is InChI=1S/C19H18N2O4/c1-19(2,3)16-8-7-15(10-17(16)21(23)24)18(22)25-12-14-6-4-5-13(9-14)11-20/h4-10H,12H2,1-3H3. The average Bonchev–Trinajstić information content (AvgIpc) is 2.58. The van der Waals surface area contributed by atoms with E-state index in [1.54, 1.807) is 30.3 Å². The second-order valence-electron chi connectivity index (χ2n) is 6.63. The summed E-state index contributed by atoms with van der Waals surface area (Å²) in [4.78, 5) is 23.0. The van der Waals surface area contributed by atoms with Crippen molar-refractivity contribution in [2.45, 2.75) is 32.8 Å². The molecule has 128 valence electrons. The molecule has 2 rings (SSSR count). The van der Waals surface area contributed by atoms with Gasteiger partial charge in [0.2, 0.25) is 0 Å². The van der Waals surface area contributed by atoms with E-state index in [1.165, 1.54) is 12.1 Å². The Labute approximate surface area is 145 Å². The van der Waals surface area contributed by atoms with Gasteiger partial charge in [-0.05, 0) is 29.2 Å². The maximum absolute atomic E-state index is 12.2. The number of esters is 1. The third-order valence-corrected chi connectivity index (χ3v) is 3.66. The summed E-state index contributed by atoms with van der Waals surface area (Å²) in [6.07, 6.45) is 0. The van der Waals surface area contributed by atoms with Gasteiger partial charge >= 0.3 is 5.97 Å². The summed E-state index contributed by atoms with van der Waals surface area (Å²) < 4.78 is 5.20. The van der Waals surface area contributed by atoms with Crippen LogP contribution in [0.4, 0.5) is 5.69 Å². The van der Waals surface area contributed by atoms with Gasteiger partial charge in [0.25, 0.3) is 5.69 Å². The highest BCUT2D eigenvalue weighted by Crippen LogP contribution is 2.32. The molecule has 2 aromatic carbocycles. The van der Waals surface area contributed by atoms with Crippen LogP contribution in [0.15, 0.2) is 42.5 Å². The van der Waals surface area contributed by atoms with Gasteiger partial charge in [-0.25, -0.2) is 4.79 Å². The Balaban J connectivity index is 2.20. The largest absolute Gasteiger partial charge is 0.457 e. The molecular formula is C19H18N2O4. The normalized spacial score (nSPS) is 10.8. The van der Waals surface area contributed by atoms with Crippen molar-refractivity contribution in [3.8, 4) is 6.07 Å². The zero-order valence-electron chi connectivity index (χ0n) is 14.3. The van der Waals surface area contributed by atoms with Crippen LogP contribution in [-0.2, 0) is 16.8 Å². The Kier molecular flexibility index (Phi) is 5.18. The molecule has 0 unspecified atom stereocenters. The van der Waals surface area contributed by atoms with Crippen molar-refractivity contribution in [1.82, 2.24) is 0 Å². The number of carbonyl (C=O) groups is 1. The lowest BCUT2D eigenvalue weighted by atomic mass is 9.85. The van der Waals surface area contributed by atoms with Gasteiger partial charge in [0, 0.05) is 11.6 Å². The number of carbonyl (C=O) groups excluding carboxylic acids is 1. The Morgan fingerprint density at radius 3 is 2.56 bits per heavy atom. The van der Waals surface area contributed by atoms with Gasteiger partial charge in [0.1, 0.15) is 6.61 Å². The first kappa shape index (κ1) is 18.1. The van der Waals surface area contributed by atoms with Crippen LogP contribution in [0.1, 0.15) is 47.8 Å². The van der Waals surface area contributed by atoms with Crippen LogP contribution >= 0.6 is 0 Å². The quantitative estimate of drug-likeness (QED) is 0.475. The number of rotatable bonds is 4. The molecule has 6 heteroatoms. The monoisotopic (exact) mass is 338 g/mol. The summed E-state index contributed by atoms with van der Waals surface area (Å²) in [5.74, 6) is -0.647. The van der Waals surface area contributed by atoms with Gasteiger partial charge in [-0.15, -0.1) is 0 Å². The minimum Gasteiger partial charge on any atom is -0.457 e.